The van der Waals surface area contributed by atoms with Crippen molar-refractivity contribution < 1.29 is 29.8 Å². The van der Waals surface area contributed by atoms with Crippen molar-refractivity contribution in [1.82, 2.24) is 5.43 Å². The van der Waals surface area contributed by atoms with E-state index in [4.69, 9.17) is 4.74 Å². The van der Waals surface area contributed by atoms with Crippen LogP contribution >= 0.6 is 0 Å². The maximum absolute atomic E-state index is 12.1. The highest BCUT2D eigenvalue weighted by Gasteiger charge is 2.10. The number of ether oxygens (including phenoxy) is 1. The smallest absolute Gasteiger partial charge is 0.271 e. The lowest BCUT2D eigenvalue weighted by Crippen LogP contribution is -2.17. The summed E-state index contributed by atoms with van der Waals surface area (Å²) in [7, 11) is 1.40. The number of fused-ring (bicyclic) bond motifs is 2. The first kappa shape index (κ1) is 32.4. The first-order valence-corrected chi connectivity index (χ1v) is 14.4. The quantitative estimate of drug-likeness (QED) is 0.0673. The van der Waals surface area contributed by atoms with Crippen LogP contribution in [0.25, 0.3) is 21.5 Å². The Kier molecular flexibility index (Phi) is 10.1. The van der Waals surface area contributed by atoms with E-state index in [0.717, 1.165) is 21.5 Å². The maximum Gasteiger partial charge on any atom is 0.271 e. The molecule has 0 aromatic heterocycles. The molecule has 6 aromatic carbocycles. The minimum atomic E-state index is -0.464. The van der Waals surface area contributed by atoms with Gasteiger partial charge in [-0.25, -0.2) is 5.43 Å². The van der Waals surface area contributed by atoms with Crippen LogP contribution in [0, 0.1) is 10.1 Å². The molecule has 12 nitrogen and oxygen atoms in total. The van der Waals surface area contributed by atoms with Crippen molar-refractivity contribution in [2.24, 2.45) is 10.2 Å². The lowest BCUT2D eigenvalue weighted by Gasteiger charge is -2.06. The number of nitro groups is 1. The summed E-state index contributed by atoms with van der Waals surface area (Å²) in [5.41, 5.74) is 7.23. The number of hydrogen-bond donors (Lipinski definition) is 5. The van der Waals surface area contributed by atoms with Gasteiger partial charge in [0, 0.05) is 28.8 Å². The molecule has 0 unspecified atom stereocenters. The number of benzene rings is 6. The number of anilines is 1. The number of carbonyl (C=O) groups excluding carboxylic acids is 1. The minimum Gasteiger partial charge on any atom is -0.507 e. The van der Waals surface area contributed by atoms with E-state index in [2.05, 4.69) is 21.1 Å². The molecule has 0 saturated carbocycles. The fourth-order valence-corrected chi connectivity index (χ4v) is 4.71. The van der Waals surface area contributed by atoms with Gasteiger partial charge in [0.2, 0.25) is 0 Å². The molecule has 0 aliphatic heterocycles. The van der Waals surface area contributed by atoms with Crippen molar-refractivity contribution in [3.63, 3.8) is 0 Å². The van der Waals surface area contributed by atoms with E-state index < -0.39 is 10.8 Å². The zero-order valence-electron chi connectivity index (χ0n) is 25.4. The van der Waals surface area contributed by atoms with Crippen LogP contribution in [0.5, 0.6) is 23.0 Å². The summed E-state index contributed by atoms with van der Waals surface area (Å²) in [5, 5.41) is 51.9. The van der Waals surface area contributed by atoms with Crippen LogP contribution in [-0.4, -0.2) is 45.7 Å². The van der Waals surface area contributed by atoms with Gasteiger partial charge in [0.15, 0.2) is 11.5 Å². The normalized spacial score (nSPS) is 10.9. The minimum absolute atomic E-state index is 0.0197. The first-order valence-electron chi connectivity index (χ1n) is 14.4. The molecule has 0 atom stereocenters. The number of aromatic hydroxyl groups is 3. The zero-order chi connectivity index (χ0) is 34.0. The van der Waals surface area contributed by atoms with Crippen molar-refractivity contribution in [1.29, 1.82) is 0 Å². The van der Waals surface area contributed by atoms with E-state index >= 15 is 0 Å². The van der Waals surface area contributed by atoms with Crippen LogP contribution in [0.4, 0.5) is 11.4 Å². The number of phenolic OH excluding ortho intramolecular Hbond substituents is 3. The Hall–Kier alpha value is -6.95. The monoisotopic (exact) mass is 643 g/mol. The second-order valence-corrected chi connectivity index (χ2v) is 10.2. The molecule has 0 heterocycles. The highest BCUT2D eigenvalue weighted by Crippen LogP contribution is 2.28. The number of nitro benzene ring substituents is 1. The molecule has 240 valence electrons. The summed E-state index contributed by atoms with van der Waals surface area (Å²) >= 11 is 0. The van der Waals surface area contributed by atoms with Crippen molar-refractivity contribution in [2.75, 3.05) is 12.5 Å². The summed E-state index contributed by atoms with van der Waals surface area (Å²) < 4.78 is 4.97. The summed E-state index contributed by atoms with van der Waals surface area (Å²) in [6.45, 7) is 0. The van der Waals surface area contributed by atoms with Crippen LogP contribution < -0.4 is 15.6 Å². The summed E-state index contributed by atoms with van der Waals surface area (Å²) in [5.74, 6) is -0.109. The molecule has 5 N–H and O–H groups in total. The summed E-state index contributed by atoms with van der Waals surface area (Å²) in [6, 6.07) is 32.2. The summed E-state index contributed by atoms with van der Waals surface area (Å²) in [6.07, 6.45) is 2.92. The number of hydrazone groups is 2. The van der Waals surface area contributed by atoms with E-state index in [1.54, 1.807) is 24.3 Å². The van der Waals surface area contributed by atoms with E-state index in [1.165, 1.54) is 49.9 Å². The van der Waals surface area contributed by atoms with Gasteiger partial charge in [0.05, 0.1) is 30.1 Å². The molecule has 6 rings (SSSR count). The highest BCUT2D eigenvalue weighted by molar-refractivity contribution is 6.04. The maximum atomic E-state index is 12.1. The number of phenols is 3. The van der Waals surface area contributed by atoms with Gasteiger partial charge in [-0.05, 0) is 64.0 Å². The second-order valence-electron chi connectivity index (χ2n) is 10.2. The molecule has 0 spiro atoms. The molecule has 1 amide bonds. The van der Waals surface area contributed by atoms with E-state index in [0.29, 0.717) is 16.8 Å². The Balaban J connectivity index is 0.000000188. The van der Waals surface area contributed by atoms with Gasteiger partial charge >= 0.3 is 0 Å². The number of amides is 1. The Morgan fingerprint density at radius 3 is 1.83 bits per heavy atom. The molecule has 48 heavy (non-hydrogen) atoms. The number of rotatable bonds is 8. The molecule has 0 fully saturated rings. The van der Waals surface area contributed by atoms with Crippen molar-refractivity contribution in [3.05, 3.63) is 142 Å². The van der Waals surface area contributed by atoms with E-state index in [1.807, 2.05) is 60.7 Å². The van der Waals surface area contributed by atoms with Crippen molar-refractivity contribution in [2.45, 2.75) is 0 Å². The Bertz CT molecular complexity index is 2170. The van der Waals surface area contributed by atoms with Crippen LogP contribution in [0.2, 0.25) is 0 Å². The van der Waals surface area contributed by atoms with Crippen LogP contribution in [0.3, 0.4) is 0 Å². The van der Waals surface area contributed by atoms with Gasteiger partial charge in [0.25, 0.3) is 11.6 Å². The number of nitrogens with zero attached hydrogens (tertiary/aromatic N) is 3. The predicted octanol–water partition coefficient (Wildman–Crippen LogP) is 6.92. The molecule has 0 aliphatic rings. The largest absolute Gasteiger partial charge is 0.507 e. The van der Waals surface area contributed by atoms with Crippen LogP contribution in [0.1, 0.15) is 21.5 Å². The predicted molar refractivity (Wildman–Crippen MR) is 185 cm³/mol. The number of hydrogen-bond acceptors (Lipinski definition) is 10. The average molecular weight is 644 g/mol. The molecular formula is C36H29N5O7. The molecule has 12 heteroatoms. The third-order valence-corrected chi connectivity index (χ3v) is 7.16. The molecule has 6 aromatic rings. The topological polar surface area (TPSA) is 179 Å². The van der Waals surface area contributed by atoms with Gasteiger partial charge in [-0.3, -0.25) is 20.3 Å². The molecule has 0 aliphatic carbocycles. The van der Waals surface area contributed by atoms with Gasteiger partial charge in [-0.2, -0.15) is 10.2 Å². The van der Waals surface area contributed by atoms with Gasteiger partial charge in [-0.1, -0.05) is 60.7 Å². The molecular weight excluding hydrogens is 614 g/mol. The second kappa shape index (κ2) is 14.9. The first-order chi connectivity index (χ1) is 23.2. The highest BCUT2D eigenvalue weighted by atomic mass is 16.6. The lowest BCUT2D eigenvalue weighted by molar-refractivity contribution is -0.384. The average Bonchev–Trinajstić information content (AvgIpc) is 3.10. The third kappa shape index (κ3) is 7.64. The standard InChI is InChI=1S/C19H16N2O4.C17H13N3O3/c1-25-18-10-13(7-9-17(18)23)19(24)21-20-11-15-14-5-3-2-4-12(14)6-8-16(15)22;21-17-10-5-12-3-1-2-4-15(12)16(17)11-18-19-13-6-8-14(9-7-13)20(22)23/h2-11,22-23H,1H3,(H,21,24);1-11,19,21H/b20-11+;18-11+. The molecule has 0 saturated heterocycles. The fourth-order valence-electron chi connectivity index (χ4n) is 4.71. The Morgan fingerprint density at radius 2 is 1.27 bits per heavy atom. The number of non-ortho nitro benzene ring substituents is 1. The van der Waals surface area contributed by atoms with Gasteiger partial charge in [-0.15, -0.1) is 0 Å². The number of methoxy groups -OCH3 is 1. The van der Waals surface area contributed by atoms with Crippen LogP contribution in [-0.2, 0) is 0 Å². The Labute approximate surface area is 274 Å². The number of carbonyl (C=O) groups is 1. The Morgan fingerprint density at radius 1 is 0.729 bits per heavy atom. The zero-order valence-corrected chi connectivity index (χ0v) is 25.4. The van der Waals surface area contributed by atoms with Gasteiger partial charge < -0.3 is 20.1 Å². The lowest BCUT2D eigenvalue weighted by atomic mass is 10.0. The van der Waals surface area contributed by atoms with Crippen molar-refractivity contribution in [3.8, 4) is 23.0 Å². The molecule has 0 bridgehead atoms. The van der Waals surface area contributed by atoms with Gasteiger partial charge in [0.1, 0.15) is 11.5 Å². The third-order valence-electron chi connectivity index (χ3n) is 7.16. The fraction of sp³-hybridized carbons (Fsp3) is 0.0278. The van der Waals surface area contributed by atoms with Crippen molar-refractivity contribution >= 4 is 51.3 Å². The SMILES string of the molecule is COc1cc(C(=O)N/N=C/c2c(O)ccc3ccccc23)ccc1O.O=[N+]([O-])c1ccc(N/N=C/c2c(O)ccc3ccccc23)cc1. The van der Waals surface area contributed by atoms with E-state index in [-0.39, 0.29) is 34.2 Å². The van der Waals surface area contributed by atoms with E-state index in [9.17, 15) is 30.2 Å². The number of nitrogens with one attached hydrogen (secondary N) is 2. The molecule has 0 radical (unpaired) electrons. The van der Waals surface area contributed by atoms with Crippen LogP contribution in [0.15, 0.2) is 125 Å². The summed E-state index contributed by atoms with van der Waals surface area (Å²) in [4.78, 5) is 22.3.